The van der Waals surface area contributed by atoms with E-state index in [2.05, 4.69) is 20.3 Å². The van der Waals surface area contributed by atoms with Crippen molar-refractivity contribution in [3.63, 3.8) is 0 Å². The summed E-state index contributed by atoms with van der Waals surface area (Å²) in [7, 11) is 0. The van der Waals surface area contributed by atoms with E-state index in [4.69, 9.17) is 16.5 Å². The summed E-state index contributed by atoms with van der Waals surface area (Å²) in [6.45, 7) is 1.98. The lowest BCUT2D eigenvalue weighted by atomic mass is 9.79. The van der Waals surface area contributed by atoms with Gasteiger partial charge in [0.25, 0.3) is 0 Å². The molecule has 1 aliphatic carbocycles. The van der Waals surface area contributed by atoms with Crippen molar-refractivity contribution in [3.8, 4) is 11.4 Å². The molecule has 4 heterocycles. The molecular weight excluding hydrogens is 407 g/mol. The van der Waals surface area contributed by atoms with Crippen LogP contribution in [0.2, 0.25) is 0 Å². The van der Waals surface area contributed by atoms with Crippen molar-refractivity contribution in [2.45, 2.75) is 44.2 Å². The number of aromatic nitrogens is 5. The summed E-state index contributed by atoms with van der Waals surface area (Å²) in [5.74, 6) is 0.253. The van der Waals surface area contributed by atoms with E-state index in [-0.39, 0.29) is 6.04 Å². The van der Waals surface area contributed by atoms with Gasteiger partial charge in [-0.05, 0) is 44.2 Å². The summed E-state index contributed by atoms with van der Waals surface area (Å²) in [4.78, 5) is 17.9. The van der Waals surface area contributed by atoms with E-state index in [0.717, 1.165) is 54.0 Å². The van der Waals surface area contributed by atoms with Crippen LogP contribution >= 0.6 is 0 Å². The molecule has 0 radical (unpaired) electrons. The van der Waals surface area contributed by atoms with Crippen LogP contribution in [0.4, 0.5) is 15.8 Å². The Morgan fingerprint density at radius 2 is 1.91 bits per heavy atom. The first-order valence-corrected chi connectivity index (χ1v) is 10.6. The van der Waals surface area contributed by atoms with Crippen LogP contribution in [-0.2, 0) is 5.54 Å². The second kappa shape index (κ2) is 7.92. The Morgan fingerprint density at radius 3 is 2.69 bits per heavy atom. The van der Waals surface area contributed by atoms with E-state index < -0.39 is 11.4 Å². The topological polar surface area (TPSA) is 120 Å². The summed E-state index contributed by atoms with van der Waals surface area (Å²) in [5.41, 5.74) is 16.9. The first kappa shape index (κ1) is 20.5. The molecule has 0 bridgehead atoms. The van der Waals surface area contributed by atoms with Gasteiger partial charge in [-0.2, -0.15) is 0 Å². The third-order valence-electron chi connectivity index (χ3n) is 6.09. The number of halogens is 1. The molecule has 0 unspecified atom stereocenters. The molecule has 0 spiro atoms. The van der Waals surface area contributed by atoms with E-state index in [1.807, 2.05) is 35.9 Å². The molecule has 0 amide bonds. The Labute approximate surface area is 184 Å². The van der Waals surface area contributed by atoms with E-state index >= 15 is 0 Å². The van der Waals surface area contributed by atoms with Gasteiger partial charge in [0.1, 0.15) is 17.3 Å². The number of imidazole rings is 1. The van der Waals surface area contributed by atoms with Crippen molar-refractivity contribution in [2.75, 3.05) is 5.32 Å². The first-order chi connectivity index (χ1) is 15.4. The Hall–Kier alpha value is -3.43. The number of nitrogens with one attached hydrogen (secondary N) is 1. The molecule has 1 fully saturated rings. The lowest BCUT2D eigenvalue weighted by Gasteiger charge is -2.34. The molecule has 0 saturated heterocycles. The van der Waals surface area contributed by atoms with Crippen molar-refractivity contribution in [2.24, 2.45) is 11.5 Å². The van der Waals surface area contributed by atoms with Gasteiger partial charge < -0.3 is 16.8 Å². The number of pyridine rings is 2. The predicted octanol–water partition coefficient (Wildman–Crippen LogP) is 3.43. The minimum atomic E-state index is -0.561. The van der Waals surface area contributed by atoms with Crippen LogP contribution in [0.3, 0.4) is 0 Å². The van der Waals surface area contributed by atoms with E-state index in [9.17, 15) is 4.39 Å². The summed E-state index contributed by atoms with van der Waals surface area (Å²) >= 11 is 0. The van der Waals surface area contributed by atoms with Gasteiger partial charge in [-0.1, -0.05) is 0 Å². The third-order valence-corrected chi connectivity index (χ3v) is 6.09. The Morgan fingerprint density at radius 1 is 1.09 bits per heavy atom. The highest BCUT2D eigenvalue weighted by Crippen LogP contribution is 2.34. The molecule has 1 aliphatic rings. The molecule has 1 saturated carbocycles. The standard InChI is InChI=1S/C23H25FN8/c1-14-10-29-22(23(26)5-2-16(25)3-6-23)31-21(14)19-13-28-20-9-17(4-7-32(19)20)30-18-8-15(24)11-27-12-18/h4,7-13,16,30H,2-3,5-6,25-26H2,1H3. The molecule has 0 atom stereocenters. The fourth-order valence-electron chi connectivity index (χ4n) is 4.20. The van der Waals surface area contributed by atoms with Crippen LogP contribution in [0.15, 0.2) is 49.2 Å². The lowest BCUT2D eigenvalue weighted by molar-refractivity contribution is 0.264. The summed E-state index contributed by atoms with van der Waals surface area (Å²) in [6, 6.07) is 5.37. The van der Waals surface area contributed by atoms with Gasteiger partial charge in [-0.15, -0.1) is 0 Å². The Bertz CT molecular complexity index is 1280. The fourth-order valence-corrected chi connectivity index (χ4v) is 4.20. The number of rotatable bonds is 4. The Kier molecular flexibility index (Phi) is 5.07. The van der Waals surface area contributed by atoms with Crippen LogP contribution < -0.4 is 16.8 Å². The normalized spacial score (nSPS) is 21.1. The number of hydrogen-bond donors (Lipinski definition) is 3. The molecule has 4 aromatic heterocycles. The smallest absolute Gasteiger partial charge is 0.148 e. The molecule has 8 nitrogen and oxygen atoms in total. The molecule has 32 heavy (non-hydrogen) atoms. The van der Waals surface area contributed by atoms with Crippen molar-refractivity contribution in [1.82, 2.24) is 24.3 Å². The van der Waals surface area contributed by atoms with Gasteiger partial charge in [-0.3, -0.25) is 9.38 Å². The van der Waals surface area contributed by atoms with Gasteiger partial charge in [0.05, 0.1) is 41.2 Å². The zero-order chi connectivity index (χ0) is 22.3. The summed E-state index contributed by atoms with van der Waals surface area (Å²) in [5, 5.41) is 3.15. The number of aryl methyl sites for hydroxylation is 1. The molecule has 5 N–H and O–H groups in total. The highest BCUT2D eigenvalue weighted by Gasteiger charge is 2.35. The number of fused-ring (bicyclic) bond motifs is 1. The van der Waals surface area contributed by atoms with Crippen molar-refractivity contribution >= 4 is 17.0 Å². The van der Waals surface area contributed by atoms with E-state index in [1.54, 1.807) is 12.4 Å². The molecule has 0 aromatic carbocycles. The second-order valence-corrected chi connectivity index (χ2v) is 8.52. The van der Waals surface area contributed by atoms with Crippen LogP contribution in [0.1, 0.15) is 37.1 Å². The average Bonchev–Trinajstić information content (AvgIpc) is 3.19. The van der Waals surface area contributed by atoms with Crippen LogP contribution in [-0.4, -0.2) is 30.4 Å². The van der Waals surface area contributed by atoms with Gasteiger partial charge in [0.2, 0.25) is 0 Å². The SMILES string of the molecule is Cc1cnc(C2(N)CCC(N)CC2)nc1-c1cnc2cc(Nc3cncc(F)c3)ccn12. The van der Waals surface area contributed by atoms with Gasteiger partial charge in [-0.25, -0.2) is 19.3 Å². The van der Waals surface area contributed by atoms with Gasteiger partial charge >= 0.3 is 0 Å². The second-order valence-electron chi connectivity index (χ2n) is 8.52. The molecular formula is C23H25FN8. The van der Waals surface area contributed by atoms with Crippen LogP contribution in [0, 0.1) is 12.7 Å². The molecule has 4 aromatic rings. The van der Waals surface area contributed by atoms with Gasteiger partial charge in [0, 0.05) is 36.3 Å². The maximum atomic E-state index is 13.4. The maximum Gasteiger partial charge on any atom is 0.148 e. The summed E-state index contributed by atoms with van der Waals surface area (Å²) in [6.07, 6.45) is 11.5. The highest BCUT2D eigenvalue weighted by molar-refractivity contribution is 5.68. The number of nitrogens with zero attached hydrogens (tertiary/aromatic N) is 5. The fraction of sp³-hybridized carbons (Fsp3) is 0.304. The minimum absolute atomic E-state index is 0.196. The highest BCUT2D eigenvalue weighted by atomic mass is 19.1. The first-order valence-electron chi connectivity index (χ1n) is 10.6. The largest absolute Gasteiger partial charge is 0.354 e. The van der Waals surface area contributed by atoms with Crippen molar-refractivity contribution < 1.29 is 4.39 Å². The quantitative estimate of drug-likeness (QED) is 0.452. The number of nitrogens with two attached hydrogens (primary N) is 2. The van der Waals surface area contributed by atoms with Crippen molar-refractivity contribution in [3.05, 3.63) is 66.4 Å². The molecule has 0 aliphatic heterocycles. The zero-order valence-corrected chi connectivity index (χ0v) is 17.8. The maximum absolute atomic E-state index is 13.4. The summed E-state index contributed by atoms with van der Waals surface area (Å²) < 4.78 is 15.4. The molecule has 9 heteroatoms. The zero-order valence-electron chi connectivity index (χ0n) is 17.8. The monoisotopic (exact) mass is 432 g/mol. The van der Waals surface area contributed by atoms with E-state index in [1.165, 1.54) is 12.3 Å². The number of hydrogen-bond acceptors (Lipinski definition) is 7. The number of anilines is 2. The minimum Gasteiger partial charge on any atom is -0.354 e. The molecule has 164 valence electrons. The Balaban J connectivity index is 1.48. The van der Waals surface area contributed by atoms with Crippen molar-refractivity contribution in [1.29, 1.82) is 0 Å². The lowest BCUT2D eigenvalue weighted by Crippen LogP contribution is -2.45. The van der Waals surface area contributed by atoms with Crippen LogP contribution in [0.5, 0.6) is 0 Å². The van der Waals surface area contributed by atoms with Crippen LogP contribution in [0.25, 0.3) is 17.0 Å². The average molecular weight is 433 g/mol. The van der Waals surface area contributed by atoms with Gasteiger partial charge in [0.15, 0.2) is 0 Å². The third kappa shape index (κ3) is 3.80. The predicted molar refractivity (Wildman–Crippen MR) is 121 cm³/mol. The molecule has 5 rings (SSSR count). The van der Waals surface area contributed by atoms with E-state index in [0.29, 0.717) is 11.5 Å².